The molecule has 0 spiro atoms. The minimum absolute atomic E-state index is 0.106. The lowest BCUT2D eigenvalue weighted by Gasteiger charge is -2.25. The van der Waals surface area contributed by atoms with Gasteiger partial charge in [-0.3, -0.25) is 4.79 Å². The maximum Gasteiger partial charge on any atom is 0.218 e. The van der Waals surface area contributed by atoms with Crippen molar-refractivity contribution in [2.75, 3.05) is 6.61 Å². The molecule has 1 unspecified atom stereocenters. The molecule has 29 heavy (non-hydrogen) atoms. The number of hydrogen-bond acceptors (Lipinski definition) is 4. The summed E-state index contributed by atoms with van der Waals surface area (Å²) in [5.74, 6) is 0.937. The van der Waals surface area contributed by atoms with Crippen molar-refractivity contribution in [3.8, 4) is 11.5 Å². The van der Waals surface area contributed by atoms with E-state index in [1.54, 1.807) is 30.3 Å². The number of carbonyl (C=O) groups is 1. The van der Waals surface area contributed by atoms with Crippen LogP contribution >= 0.6 is 11.6 Å². The van der Waals surface area contributed by atoms with E-state index in [-0.39, 0.29) is 12.4 Å². The fraction of sp³-hybridized carbons (Fsp3) is 0.125. The second-order valence-corrected chi connectivity index (χ2v) is 7.18. The van der Waals surface area contributed by atoms with Crippen LogP contribution in [-0.4, -0.2) is 23.8 Å². The van der Waals surface area contributed by atoms with E-state index in [9.17, 15) is 9.90 Å². The van der Waals surface area contributed by atoms with Gasteiger partial charge in [0.1, 0.15) is 11.5 Å². The number of benzene rings is 3. The van der Waals surface area contributed by atoms with Gasteiger partial charge in [0.2, 0.25) is 6.29 Å². The van der Waals surface area contributed by atoms with Gasteiger partial charge in [0.15, 0.2) is 12.4 Å². The minimum Gasteiger partial charge on any atom is -0.485 e. The molecular weight excluding hydrogens is 388 g/mol. The quantitative estimate of drug-likeness (QED) is 0.602. The number of carbonyl (C=O) groups excluding carboxylic acids is 1. The van der Waals surface area contributed by atoms with Crippen LogP contribution in [0.4, 0.5) is 0 Å². The van der Waals surface area contributed by atoms with Crippen LogP contribution < -0.4 is 9.47 Å². The van der Waals surface area contributed by atoms with Gasteiger partial charge in [0.25, 0.3) is 0 Å². The van der Waals surface area contributed by atoms with Crippen LogP contribution in [-0.2, 0) is 0 Å². The molecule has 0 aromatic heterocycles. The summed E-state index contributed by atoms with van der Waals surface area (Å²) in [6.07, 6.45) is 0.629. The number of rotatable bonds is 5. The molecular formula is C24H19ClO4. The summed E-state index contributed by atoms with van der Waals surface area (Å²) in [5.41, 5.74) is 4.02. The molecule has 0 bridgehead atoms. The van der Waals surface area contributed by atoms with Crippen molar-refractivity contribution in [1.29, 1.82) is 0 Å². The molecule has 1 aliphatic rings. The Hall–Kier alpha value is -3.08. The van der Waals surface area contributed by atoms with Crippen LogP contribution in [0, 0.1) is 6.92 Å². The van der Waals surface area contributed by atoms with Gasteiger partial charge in [0.05, 0.1) is 0 Å². The Morgan fingerprint density at radius 1 is 1.07 bits per heavy atom. The highest BCUT2D eigenvalue weighted by molar-refractivity contribution is 6.30. The Balaban J connectivity index is 1.59. The molecule has 3 aromatic carbocycles. The van der Waals surface area contributed by atoms with Gasteiger partial charge in [-0.15, -0.1) is 0 Å². The molecule has 0 aliphatic carbocycles. The summed E-state index contributed by atoms with van der Waals surface area (Å²) in [7, 11) is 0. The van der Waals surface area contributed by atoms with Crippen LogP contribution in [0.15, 0.2) is 72.8 Å². The first-order valence-electron chi connectivity index (χ1n) is 9.20. The normalized spacial score (nSPS) is 15.1. The molecule has 4 nitrogen and oxygen atoms in total. The Labute approximate surface area is 174 Å². The molecule has 146 valence electrons. The van der Waals surface area contributed by atoms with Crippen molar-refractivity contribution in [2.45, 2.75) is 13.2 Å². The third-order valence-corrected chi connectivity index (χ3v) is 5.06. The molecule has 0 saturated carbocycles. The summed E-state index contributed by atoms with van der Waals surface area (Å²) in [4.78, 5) is 12.4. The molecule has 1 aliphatic heterocycles. The van der Waals surface area contributed by atoms with Gasteiger partial charge in [0, 0.05) is 21.7 Å². The van der Waals surface area contributed by atoms with E-state index in [4.69, 9.17) is 21.1 Å². The summed E-state index contributed by atoms with van der Waals surface area (Å²) >= 11 is 5.86. The topological polar surface area (TPSA) is 55.8 Å². The summed E-state index contributed by atoms with van der Waals surface area (Å²) in [6, 6.07) is 20.2. The lowest BCUT2D eigenvalue weighted by Crippen LogP contribution is -2.19. The van der Waals surface area contributed by atoms with Gasteiger partial charge < -0.3 is 14.6 Å². The minimum atomic E-state index is -1.05. The number of halogens is 1. The van der Waals surface area contributed by atoms with Crippen LogP contribution in [0.1, 0.15) is 27.0 Å². The molecule has 4 rings (SSSR count). The number of fused-ring (bicyclic) bond motifs is 1. The first kappa shape index (κ1) is 19.2. The van der Waals surface area contributed by atoms with Crippen LogP contribution in [0.2, 0.25) is 5.02 Å². The standard InChI is InChI=1S/C24H19ClO4/c1-15-22(28-14-21(26)17-7-9-18(25)10-8-17)12-11-19-20(13-23(27)29-24(15)19)16-5-3-2-4-6-16/h2-13,23,27H,14H2,1H3. The lowest BCUT2D eigenvalue weighted by molar-refractivity contribution is 0.0218. The maximum absolute atomic E-state index is 12.4. The number of aliphatic hydroxyl groups excluding tert-OH is 1. The van der Waals surface area contributed by atoms with Crippen LogP contribution in [0.3, 0.4) is 0 Å². The van der Waals surface area contributed by atoms with E-state index in [0.717, 1.165) is 22.3 Å². The van der Waals surface area contributed by atoms with Crippen molar-refractivity contribution in [3.05, 3.63) is 100 Å². The number of hydrogen-bond donors (Lipinski definition) is 1. The van der Waals surface area contributed by atoms with Gasteiger partial charge in [-0.25, -0.2) is 0 Å². The zero-order valence-corrected chi connectivity index (χ0v) is 16.5. The van der Waals surface area contributed by atoms with Crippen molar-refractivity contribution in [3.63, 3.8) is 0 Å². The van der Waals surface area contributed by atoms with Gasteiger partial charge in [-0.2, -0.15) is 0 Å². The number of Topliss-reactive ketones (excluding diaryl/α,β-unsaturated/α-hetero) is 1. The van der Waals surface area contributed by atoms with Gasteiger partial charge >= 0.3 is 0 Å². The van der Waals surface area contributed by atoms with E-state index >= 15 is 0 Å². The molecule has 0 fully saturated rings. The zero-order valence-electron chi connectivity index (χ0n) is 15.8. The zero-order chi connectivity index (χ0) is 20.4. The fourth-order valence-electron chi connectivity index (χ4n) is 3.31. The highest BCUT2D eigenvalue weighted by Crippen LogP contribution is 2.41. The third-order valence-electron chi connectivity index (χ3n) is 4.80. The van der Waals surface area contributed by atoms with Crippen molar-refractivity contribution in [2.24, 2.45) is 0 Å². The molecule has 0 amide bonds. The van der Waals surface area contributed by atoms with Crippen LogP contribution in [0.5, 0.6) is 11.5 Å². The van der Waals surface area contributed by atoms with Crippen LogP contribution in [0.25, 0.3) is 5.57 Å². The second-order valence-electron chi connectivity index (χ2n) is 6.74. The van der Waals surface area contributed by atoms with Crippen molar-refractivity contribution < 1.29 is 19.4 Å². The number of ether oxygens (including phenoxy) is 2. The maximum atomic E-state index is 12.4. The molecule has 1 atom stereocenters. The molecule has 0 radical (unpaired) electrons. The largest absolute Gasteiger partial charge is 0.485 e. The first-order valence-corrected chi connectivity index (χ1v) is 9.58. The van der Waals surface area contributed by atoms with E-state index in [2.05, 4.69) is 0 Å². The Morgan fingerprint density at radius 2 is 1.79 bits per heavy atom. The predicted octanol–water partition coefficient (Wildman–Crippen LogP) is 5.05. The fourth-order valence-corrected chi connectivity index (χ4v) is 3.44. The SMILES string of the molecule is Cc1c(OCC(=O)c2ccc(Cl)cc2)ccc2c1OC(O)C=C2c1ccccc1. The van der Waals surface area contributed by atoms with E-state index < -0.39 is 6.29 Å². The smallest absolute Gasteiger partial charge is 0.218 e. The van der Waals surface area contributed by atoms with E-state index in [0.29, 0.717) is 22.1 Å². The Morgan fingerprint density at radius 3 is 2.52 bits per heavy atom. The van der Waals surface area contributed by atoms with Crippen molar-refractivity contribution >= 4 is 23.0 Å². The van der Waals surface area contributed by atoms with Gasteiger partial charge in [-0.1, -0.05) is 41.9 Å². The van der Waals surface area contributed by atoms with Crippen molar-refractivity contribution in [1.82, 2.24) is 0 Å². The third kappa shape index (κ3) is 4.04. The second kappa shape index (κ2) is 8.11. The first-order chi connectivity index (χ1) is 14.0. The Bertz CT molecular complexity index is 1070. The number of aliphatic hydroxyl groups is 1. The molecule has 5 heteroatoms. The molecule has 1 heterocycles. The molecule has 1 N–H and O–H groups in total. The lowest BCUT2D eigenvalue weighted by atomic mass is 9.93. The highest BCUT2D eigenvalue weighted by Gasteiger charge is 2.24. The monoisotopic (exact) mass is 406 g/mol. The highest BCUT2D eigenvalue weighted by atomic mass is 35.5. The summed E-state index contributed by atoms with van der Waals surface area (Å²) in [5, 5.41) is 10.8. The predicted molar refractivity (Wildman–Crippen MR) is 113 cm³/mol. The Kier molecular flexibility index (Phi) is 5.38. The number of ketones is 1. The molecule has 0 saturated heterocycles. The summed E-state index contributed by atoms with van der Waals surface area (Å²) < 4.78 is 11.4. The summed E-state index contributed by atoms with van der Waals surface area (Å²) in [6.45, 7) is 1.74. The molecule has 3 aromatic rings. The average molecular weight is 407 g/mol. The van der Waals surface area contributed by atoms with E-state index in [1.165, 1.54) is 0 Å². The van der Waals surface area contributed by atoms with Gasteiger partial charge in [-0.05, 0) is 60.5 Å². The average Bonchev–Trinajstić information content (AvgIpc) is 2.74. The van der Waals surface area contributed by atoms with E-state index in [1.807, 2.05) is 49.4 Å².